The fraction of sp³-hybridized carbons (Fsp3) is 0.167. The molecular weight excluding hydrogens is 406 g/mol. The van der Waals surface area contributed by atoms with Crippen LogP contribution in [-0.2, 0) is 0 Å². The zero-order chi connectivity index (χ0) is 22.8. The molecule has 1 amide bonds. The molecule has 0 radical (unpaired) electrons. The van der Waals surface area contributed by atoms with E-state index in [0.29, 0.717) is 22.9 Å². The van der Waals surface area contributed by atoms with E-state index in [9.17, 15) is 10.1 Å². The van der Waals surface area contributed by atoms with Gasteiger partial charge in [-0.3, -0.25) is 4.79 Å². The number of hydrogen-bond donors (Lipinski definition) is 1. The lowest BCUT2D eigenvalue weighted by Gasteiger charge is -2.13. The predicted molar refractivity (Wildman–Crippen MR) is 121 cm³/mol. The Morgan fingerprint density at radius 2 is 1.84 bits per heavy atom. The second-order valence-corrected chi connectivity index (χ2v) is 7.22. The van der Waals surface area contributed by atoms with Gasteiger partial charge in [0, 0.05) is 10.9 Å². The second kappa shape index (κ2) is 8.40. The third-order valence-electron chi connectivity index (χ3n) is 5.22. The summed E-state index contributed by atoms with van der Waals surface area (Å²) in [6.45, 7) is 3.98. The molecule has 0 aliphatic rings. The first kappa shape index (κ1) is 20.9. The molecule has 0 atom stereocenters. The Labute approximate surface area is 185 Å². The number of anilines is 1. The number of para-hydroxylation sites is 1. The third kappa shape index (κ3) is 3.61. The van der Waals surface area contributed by atoms with Crippen molar-refractivity contribution < 1.29 is 14.3 Å². The lowest BCUT2D eigenvalue weighted by Crippen LogP contribution is -2.16. The lowest BCUT2D eigenvalue weighted by atomic mass is 10.1. The van der Waals surface area contributed by atoms with Gasteiger partial charge in [0.25, 0.3) is 5.91 Å². The largest absolute Gasteiger partial charge is 0.493 e. The summed E-state index contributed by atoms with van der Waals surface area (Å²) >= 11 is 0. The SMILES string of the molecule is COc1ccc(C(=O)Nc2c(C#N)cnn2-c2cc(C)c3cccc(C)c3n2)cc1OC. The minimum Gasteiger partial charge on any atom is -0.493 e. The van der Waals surface area contributed by atoms with Crippen molar-refractivity contribution in [2.24, 2.45) is 0 Å². The van der Waals surface area contributed by atoms with Crippen molar-refractivity contribution in [1.82, 2.24) is 14.8 Å². The number of carbonyl (C=O) groups excluding carboxylic acids is 1. The molecule has 4 rings (SSSR count). The topological polar surface area (TPSA) is 102 Å². The van der Waals surface area contributed by atoms with Gasteiger partial charge < -0.3 is 14.8 Å². The highest BCUT2D eigenvalue weighted by molar-refractivity contribution is 6.05. The molecule has 4 aromatic rings. The molecule has 0 aliphatic heterocycles. The number of aromatic nitrogens is 3. The van der Waals surface area contributed by atoms with Crippen molar-refractivity contribution in [1.29, 1.82) is 5.26 Å². The van der Waals surface area contributed by atoms with E-state index in [2.05, 4.69) is 16.5 Å². The van der Waals surface area contributed by atoms with Crippen molar-refractivity contribution in [3.05, 3.63) is 70.9 Å². The van der Waals surface area contributed by atoms with Crippen LogP contribution in [0.1, 0.15) is 27.0 Å². The number of methoxy groups -OCH3 is 2. The van der Waals surface area contributed by atoms with Gasteiger partial charge in [0.1, 0.15) is 11.6 Å². The quantitative estimate of drug-likeness (QED) is 0.513. The zero-order valence-electron chi connectivity index (χ0n) is 18.1. The maximum atomic E-state index is 13.0. The molecule has 0 unspecified atom stereocenters. The fourth-order valence-electron chi connectivity index (χ4n) is 3.53. The van der Waals surface area contributed by atoms with Crippen LogP contribution in [0.4, 0.5) is 5.82 Å². The summed E-state index contributed by atoms with van der Waals surface area (Å²) in [5, 5.41) is 17.7. The number of nitrogens with one attached hydrogen (secondary N) is 1. The predicted octanol–water partition coefficient (Wildman–Crippen LogP) is 4.18. The number of aryl methyl sites for hydroxylation is 2. The first-order valence-corrected chi connectivity index (χ1v) is 9.85. The molecule has 8 heteroatoms. The van der Waals surface area contributed by atoms with Crippen LogP contribution in [0.3, 0.4) is 0 Å². The van der Waals surface area contributed by atoms with Crippen molar-refractivity contribution in [2.75, 3.05) is 19.5 Å². The highest BCUT2D eigenvalue weighted by atomic mass is 16.5. The molecule has 1 N–H and O–H groups in total. The lowest BCUT2D eigenvalue weighted by molar-refractivity contribution is 0.102. The van der Waals surface area contributed by atoms with Gasteiger partial charge in [0.15, 0.2) is 23.1 Å². The van der Waals surface area contributed by atoms with Gasteiger partial charge in [-0.2, -0.15) is 15.0 Å². The Morgan fingerprint density at radius 1 is 1.06 bits per heavy atom. The number of benzene rings is 2. The van der Waals surface area contributed by atoms with Gasteiger partial charge in [-0.25, -0.2) is 4.98 Å². The van der Waals surface area contributed by atoms with Gasteiger partial charge in [-0.15, -0.1) is 0 Å². The average molecular weight is 427 g/mol. The molecule has 0 saturated carbocycles. The highest BCUT2D eigenvalue weighted by Gasteiger charge is 2.19. The molecule has 0 spiro atoms. The molecule has 32 heavy (non-hydrogen) atoms. The summed E-state index contributed by atoms with van der Waals surface area (Å²) in [6.07, 6.45) is 1.41. The molecule has 160 valence electrons. The minimum atomic E-state index is -0.419. The summed E-state index contributed by atoms with van der Waals surface area (Å²) in [5.41, 5.74) is 3.45. The van der Waals surface area contributed by atoms with Crippen LogP contribution in [0, 0.1) is 25.2 Å². The van der Waals surface area contributed by atoms with Gasteiger partial charge >= 0.3 is 0 Å². The van der Waals surface area contributed by atoms with E-state index in [4.69, 9.17) is 14.5 Å². The van der Waals surface area contributed by atoms with E-state index in [0.717, 1.165) is 22.0 Å². The summed E-state index contributed by atoms with van der Waals surface area (Å²) in [7, 11) is 3.02. The molecule has 0 fully saturated rings. The number of amides is 1. The Kier molecular flexibility index (Phi) is 5.48. The molecule has 8 nitrogen and oxygen atoms in total. The number of fused-ring (bicyclic) bond motifs is 1. The van der Waals surface area contributed by atoms with Crippen LogP contribution >= 0.6 is 0 Å². The summed E-state index contributed by atoms with van der Waals surface area (Å²) in [4.78, 5) is 17.7. The standard InChI is InChI=1S/C24H21N5O3/c1-14-6-5-7-18-15(2)10-21(27-22(14)18)29-23(17(12-25)13-26-29)28-24(30)16-8-9-19(31-3)20(11-16)32-4/h5-11,13H,1-4H3,(H,28,30). The third-order valence-corrected chi connectivity index (χ3v) is 5.22. The zero-order valence-corrected chi connectivity index (χ0v) is 18.1. The summed E-state index contributed by atoms with van der Waals surface area (Å²) in [6, 6.07) is 14.8. The van der Waals surface area contributed by atoms with E-state index >= 15 is 0 Å². The van der Waals surface area contributed by atoms with Gasteiger partial charge in [-0.1, -0.05) is 18.2 Å². The average Bonchev–Trinajstić information content (AvgIpc) is 3.21. The van der Waals surface area contributed by atoms with E-state index in [1.54, 1.807) is 18.2 Å². The van der Waals surface area contributed by atoms with Crippen LogP contribution in [0.2, 0.25) is 0 Å². The minimum absolute atomic E-state index is 0.225. The van der Waals surface area contributed by atoms with E-state index in [-0.39, 0.29) is 11.4 Å². The van der Waals surface area contributed by atoms with Crippen LogP contribution in [-0.4, -0.2) is 34.9 Å². The van der Waals surface area contributed by atoms with Crippen molar-refractivity contribution >= 4 is 22.6 Å². The number of nitriles is 1. The maximum Gasteiger partial charge on any atom is 0.256 e. The first-order valence-electron chi connectivity index (χ1n) is 9.85. The van der Waals surface area contributed by atoms with E-state index < -0.39 is 5.91 Å². The Hall–Kier alpha value is -4.38. The monoisotopic (exact) mass is 427 g/mol. The van der Waals surface area contributed by atoms with E-state index in [1.807, 2.05) is 38.1 Å². The summed E-state index contributed by atoms with van der Waals surface area (Å²) < 4.78 is 12.0. The molecule has 0 bridgehead atoms. The smallest absolute Gasteiger partial charge is 0.256 e. The summed E-state index contributed by atoms with van der Waals surface area (Å²) in [5.74, 6) is 1.27. The molecule has 0 saturated heterocycles. The van der Waals surface area contributed by atoms with Crippen LogP contribution < -0.4 is 14.8 Å². The molecule has 2 aromatic carbocycles. The van der Waals surface area contributed by atoms with Crippen molar-refractivity contribution in [2.45, 2.75) is 13.8 Å². The first-order chi connectivity index (χ1) is 15.5. The fourth-order valence-corrected chi connectivity index (χ4v) is 3.53. The Balaban J connectivity index is 1.77. The van der Waals surface area contributed by atoms with Crippen molar-refractivity contribution in [3.8, 4) is 23.4 Å². The number of rotatable bonds is 5. The molecule has 2 aromatic heterocycles. The molecular formula is C24H21N5O3. The van der Waals surface area contributed by atoms with E-state index in [1.165, 1.54) is 25.1 Å². The molecule has 2 heterocycles. The number of carbonyl (C=O) groups is 1. The van der Waals surface area contributed by atoms with Gasteiger partial charge in [0.05, 0.1) is 25.9 Å². The number of ether oxygens (including phenoxy) is 2. The molecule has 0 aliphatic carbocycles. The highest BCUT2D eigenvalue weighted by Crippen LogP contribution is 2.29. The second-order valence-electron chi connectivity index (χ2n) is 7.22. The Morgan fingerprint density at radius 3 is 2.56 bits per heavy atom. The van der Waals surface area contributed by atoms with Gasteiger partial charge in [-0.05, 0) is 49.2 Å². The van der Waals surface area contributed by atoms with Crippen molar-refractivity contribution in [3.63, 3.8) is 0 Å². The van der Waals surface area contributed by atoms with Crippen LogP contribution in [0.25, 0.3) is 16.7 Å². The Bertz CT molecular complexity index is 1380. The number of pyridine rings is 1. The number of hydrogen-bond acceptors (Lipinski definition) is 6. The van der Waals surface area contributed by atoms with Crippen LogP contribution in [0.15, 0.2) is 48.7 Å². The maximum absolute atomic E-state index is 13.0. The number of nitrogens with zero attached hydrogens (tertiary/aromatic N) is 4. The normalized spacial score (nSPS) is 10.6. The van der Waals surface area contributed by atoms with Gasteiger partial charge in [0.2, 0.25) is 0 Å². The van der Waals surface area contributed by atoms with Crippen LogP contribution in [0.5, 0.6) is 11.5 Å².